The molecule has 2 unspecified atom stereocenters. The smallest absolute Gasteiger partial charge is 0.505 e. The summed E-state index contributed by atoms with van der Waals surface area (Å²) in [5.74, 6) is 4.55. The summed E-state index contributed by atoms with van der Waals surface area (Å²) in [6.07, 6.45) is -1.17. The predicted octanol–water partition coefficient (Wildman–Crippen LogP) is 1.80. The molecule has 2 aliphatic rings. The maximum Gasteiger partial charge on any atom is 0.560 e. The van der Waals surface area contributed by atoms with Crippen LogP contribution in [0.4, 0.5) is 0 Å². The van der Waals surface area contributed by atoms with Gasteiger partial charge in [-0.2, -0.15) is 9.99 Å². The number of benzene rings is 1. The molecule has 140 valence electrons. The molecule has 1 aromatic carbocycles. The van der Waals surface area contributed by atoms with E-state index < -0.39 is 19.9 Å². The fraction of sp³-hybridized carbons (Fsp3) is 0.133. The predicted molar refractivity (Wildman–Crippen MR) is 88.2 cm³/mol. The largest absolute Gasteiger partial charge is 0.560 e. The van der Waals surface area contributed by atoms with Crippen LogP contribution >= 0.6 is 7.82 Å². The van der Waals surface area contributed by atoms with Crippen LogP contribution in [-0.2, 0) is 18.7 Å². The van der Waals surface area contributed by atoms with Crippen molar-refractivity contribution in [2.75, 3.05) is 0 Å². The van der Waals surface area contributed by atoms with Gasteiger partial charge in [-0.15, -0.1) is 4.67 Å². The zero-order chi connectivity index (χ0) is 19.3. The molecule has 3 heterocycles. The van der Waals surface area contributed by atoms with Gasteiger partial charge in [0.05, 0.1) is 16.8 Å². The van der Waals surface area contributed by atoms with Gasteiger partial charge in [0.25, 0.3) is 0 Å². The number of carbonyl (C=O) groups excluding carboxylic acids is 1. The zero-order valence-electron chi connectivity index (χ0n) is 13.6. The van der Waals surface area contributed by atoms with Gasteiger partial charge in [0, 0.05) is 5.56 Å². The molecule has 0 amide bonds. The van der Waals surface area contributed by atoms with Crippen LogP contribution in [0.5, 0.6) is 17.2 Å². The number of nitrogens with two attached hydrogens (primary N) is 1. The van der Waals surface area contributed by atoms with E-state index in [2.05, 4.69) is 14.8 Å². The molecule has 0 saturated carbocycles. The number of fused-ring (bicyclic) bond motifs is 6. The number of aldehydes is 1. The Labute approximate surface area is 151 Å². The average Bonchev–Trinajstić information content (AvgIpc) is 3.01. The highest BCUT2D eigenvalue weighted by atomic mass is 31.2. The van der Waals surface area contributed by atoms with Gasteiger partial charge in [0.1, 0.15) is 17.2 Å². The molecule has 0 radical (unpaired) electrons. The second kappa shape index (κ2) is 6.03. The van der Waals surface area contributed by atoms with E-state index in [1.54, 1.807) is 0 Å². The quantitative estimate of drug-likeness (QED) is 0.214. The number of carbonyl (C=O) groups is 1. The van der Waals surface area contributed by atoms with E-state index in [0.29, 0.717) is 11.8 Å². The molecule has 4 N–H and O–H groups in total. The van der Waals surface area contributed by atoms with Crippen molar-refractivity contribution in [1.29, 1.82) is 0 Å². The highest BCUT2D eigenvalue weighted by molar-refractivity contribution is 7.49. The first kappa shape index (κ1) is 17.4. The SMILES string of the molecule is Cc1nc2c(c(C=O)c1O)C1OOP(=O)(Oc3cc(ccc3O)/C2=N\N)O1. The number of hydrogen-bond donors (Lipinski definition) is 3. The minimum Gasteiger partial charge on any atom is -0.505 e. The molecule has 12 heteroatoms. The molecule has 2 aliphatic heterocycles. The lowest BCUT2D eigenvalue weighted by atomic mass is 9.97. The van der Waals surface area contributed by atoms with E-state index in [0.717, 1.165) is 0 Å². The minimum absolute atomic E-state index is 0.0375. The van der Waals surface area contributed by atoms with Crippen molar-refractivity contribution in [3.63, 3.8) is 0 Å². The van der Waals surface area contributed by atoms with E-state index in [-0.39, 0.29) is 39.7 Å². The van der Waals surface area contributed by atoms with Crippen molar-refractivity contribution < 1.29 is 38.2 Å². The normalized spacial score (nSPS) is 24.9. The van der Waals surface area contributed by atoms with E-state index in [1.165, 1.54) is 25.1 Å². The third-order valence-electron chi connectivity index (χ3n) is 4.02. The number of phenols is 1. The summed E-state index contributed by atoms with van der Waals surface area (Å²) < 4.78 is 27.7. The number of hydrogen-bond acceptors (Lipinski definition) is 11. The molecule has 0 spiro atoms. The van der Waals surface area contributed by atoms with Gasteiger partial charge in [-0.25, -0.2) is 14.1 Å². The highest BCUT2D eigenvalue weighted by Crippen LogP contribution is 2.61. The number of rotatable bonds is 1. The van der Waals surface area contributed by atoms with E-state index in [4.69, 9.17) is 19.8 Å². The first-order valence-electron chi connectivity index (χ1n) is 7.50. The van der Waals surface area contributed by atoms with Crippen LogP contribution in [0.15, 0.2) is 23.3 Å². The Bertz CT molecular complexity index is 1050. The van der Waals surface area contributed by atoms with Crippen LogP contribution in [0.2, 0.25) is 0 Å². The Hall–Kier alpha value is -2.98. The second-order valence-electron chi connectivity index (χ2n) is 5.65. The number of phenolic OH excluding ortho intramolecular Hbond substituents is 1. The van der Waals surface area contributed by atoms with Crippen molar-refractivity contribution in [2.45, 2.75) is 13.2 Å². The standard InChI is InChI=1S/C15H12N3O8P/c1-6-14(21)8(5-19)11-13(17-6)12(18-16)7-2-3-9(20)10(4-7)24-27(22)25-15(11)23-26-27/h2-5,15,20-21H,16H2,1H3/b18-12+. The second-order valence-corrected chi connectivity index (χ2v) is 7.08. The third kappa shape index (κ3) is 2.64. The van der Waals surface area contributed by atoms with Crippen molar-refractivity contribution >= 4 is 19.8 Å². The summed E-state index contributed by atoms with van der Waals surface area (Å²) >= 11 is 0. The maximum absolute atomic E-state index is 12.6. The van der Waals surface area contributed by atoms with Crippen molar-refractivity contribution in [2.24, 2.45) is 10.9 Å². The zero-order valence-corrected chi connectivity index (χ0v) is 14.5. The number of aromatic hydroxyl groups is 2. The summed E-state index contributed by atoms with van der Waals surface area (Å²) in [7, 11) is -4.30. The molecular formula is C15H12N3O8P. The van der Waals surface area contributed by atoms with Gasteiger partial charge in [-0.3, -0.25) is 4.79 Å². The first-order chi connectivity index (χ1) is 12.9. The van der Waals surface area contributed by atoms with Crippen LogP contribution < -0.4 is 10.4 Å². The van der Waals surface area contributed by atoms with Crippen LogP contribution in [0.3, 0.4) is 0 Å². The molecule has 4 bridgehead atoms. The third-order valence-corrected chi connectivity index (χ3v) is 5.16. The van der Waals surface area contributed by atoms with Crippen LogP contribution in [0, 0.1) is 6.92 Å². The van der Waals surface area contributed by atoms with Gasteiger partial charge < -0.3 is 20.6 Å². The Balaban J connectivity index is 2.10. The number of phosphoric acid groups is 1. The Morgan fingerprint density at radius 2 is 2.15 bits per heavy atom. The Morgan fingerprint density at radius 3 is 2.85 bits per heavy atom. The molecule has 2 aromatic rings. The number of hydrazone groups is 1. The van der Waals surface area contributed by atoms with Gasteiger partial charge in [-0.05, 0) is 25.1 Å². The monoisotopic (exact) mass is 393 g/mol. The Kier molecular flexibility index (Phi) is 3.89. The first-order valence-corrected chi connectivity index (χ1v) is 8.96. The molecule has 1 saturated heterocycles. The van der Waals surface area contributed by atoms with Crippen LogP contribution in [0.1, 0.15) is 39.2 Å². The van der Waals surface area contributed by atoms with Crippen LogP contribution in [0.25, 0.3) is 0 Å². The summed E-state index contributed by atoms with van der Waals surface area (Å²) in [4.78, 5) is 20.8. The molecule has 27 heavy (non-hydrogen) atoms. The van der Waals surface area contributed by atoms with E-state index >= 15 is 0 Å². The average molecular weight is 393 g/mol. The van der Waals surface area contributed by atoms with Crippen molar-refractivity contribution in [3.05, 3.63) is 46.3 Å². The lowest BCUT2D eigenvalue weighted by Gasteiger charge is -2.19. The fourth-order valence-corrected chi connectivity index (χ4v) is 3.83. The summed E-state index contributed by atoms with van der Waals surface area (Å²) in [5, 5.41) is 23.9. The van der Waals surface area contributed by atoms with Gasteiger partial charge >= 0.3 is 7.82 Å². The van der Waals surface area contributed by atoms with Crippen molar-refractivity contribution in [1.82, 2.24) is 4.98 Å². The molecule has 4 rings (SSSR count). The van der Waals surface area contributed by atoms with Crippen molar-refractivity contribution in [3.8, 4) is 17.2 Å². The number of phosphoric ester groups is 1. The van der Waals surface area contributed by atoms with Gasteiger partial charge in [-0.1, -0.05) is 0 Å². The van der Waals surface area contributed by atoms with E-state index in [1.807, 2.05) is 0 Å². The van der Waals surface area contributed by atoms with Gasteiger partial charge in [0.2, 0.25) is 6.29 Å². The number of pyridine rings is 1. The number of nitrogens with zero attached hydrogens (tertiary/aromatic N) is 2. The lowest BCUT2D eigenvalue weighted by molar-refractivity contribution is -0.250. The fourth-order valence-electron chi connectivity index (χ4n) is 2.78. The number of aryl methyl sites for hydroxylation is 1. The highest BCUT2D eigenvalue weighted by Gasteiger charge is 2.47. The molecule has 2 atom stereocenters. The molecule has 11 nitrogen and oxygen atoms in total. The summed E-state index contributed by atoms with van der Waals surface area (Å²) in [6.45, 7) is 1.47. The minimum atomic E-state index is -4.30. The Morgan fingerprint density at radius 1 is 1.37 bits per heavy atom. The van der Waals surface area contributed by atoms with Crippen LogP contribution in [-0.4, -0.2) is 27.2 Å². The van der Waals surface area contributed by atoms with Gasteiger partial charge in [0.15, 0.2) is 17.8 Å². The maximum atomic E-state index is 12.6. The molecular weight excluding hydrogens is 381 g/mol. The summed E-state index contributed by atoms with van der Waals surface area (Å²) in [5.41, 5.74) is 0.254. The summed E-state index contributed by atoms with van der Waals surface area (Å²) in [6, 6.07) is 4.01. The number of aromatic nitrogens is 1. The molecule has 1 fully saturated rings. The topological polar surface area (TPSA) is 163 Å². The molecule has 1 aromatic heterocycles. The van der Waals surface area contributed by atoms with E-state index in [9.17, 15) is 19.6 Å². The molecule has 0 aliphatic carbocycles. The lowest BCUT2D eigenvalue weighted by Crippen LogP contribution is -2.18.